The molecule has 0 radical (unpaired) electrons. The van der Waals surface area contributed by atoms with Gasteiger partial charge in [-0.3, -0.25) is 14.5 Å². The highest BCUT2D eigenvalue weighted by Gasteiger charge is 2.33. The summed E-state index contributed by atoms with van der Waals surface area (Å²) in [5.41, 5.74) is -0.0994. The number of nitrogens with zero attached hydrogens (tertiary/aromatic N) is 1. The number of carbonyl (C=O) groups excluding carboxylic acids is 2. The van der Waals surface area contributed by atoms with Gasteiger partial charge in [-0.1, -0.05) is 12.1 Å². The van der Waals surface area contributed by atoms with Crippen LogP contribution in [0.15, 0.2) is 24.3 Å². The minimum absolute atomic E-state index is 0.0948. The number of piperidine rings is 1. The Hall–Kier alpha value is -1.99. The number of nitrogens with one attached hydrogen (secondary N) is 2. The van der Waals surface area contributed by atoms with Crippen LogP contribution in [0, 0.1) is 5.82 Å². The largest absolute Gasteiger partial charge is 0.389 e. The summed E-state index contributed by atoms with van der Waals surface area (Å²) in [5, 5.41) is 16.0. The Morgan fingerprint density at radius 2 is 2.00 bits per heavy atom. The lowest BCUT2D eigenvalue weighted by atomic mass is 9.88. The minimum atomic E-state index is -0.929. The number of rotatable bonds is 7. The molecule has 0 unspecified atom stereocenters. The third-order valence-corrected chi connectivity index (χ3v) is 4.50. The lowest BCUT2D eigenvalue weighted by molar-refractivity contribution is -0.126. The first kappa shape index (κ1) is 19.3. The number of β-amino-alcohol motifs (C(OH)–C–C–N with tert-alkyl or cyclic N) is 1. The predicted octanol–water partition coefficient (Wildman–Crippen LogP) is 0.795. The van der Waals surface area contributed by atoms with Gasteiger partial charge in [-0.2, -0.15) is 0 Å². The highest BCUT2D eigenvalue weighted by Crippen LogP contribution is 2.25. The summed E-state index contributed by atoms with van der Waals surface area (Å²) in [6.45, 7) is 1.66. The van der Waals surface area contributed by atoms with E-state index in [1.165, 1.54) is 12.1 Å². The van der Waals surface area contributed by atoms with Crippen molar-refractivity contribution in [3.63, 3.8) is 0 Å². The SMILES string of the molecule is CNC(=O)CC[C@]1(O)CCCN(CC(=O)NCc2ccc(F)cc2)C1. The highest BCUT2D eigenvalue weighted by molar-refractivity contribution is 5.78. The van der Waals surface area contributed by atoms with Crippen molar-refractivity contribution in [1.82, 2.24) is 15.5 Å². The molecular weight excluding hydrogens is 325 g/mol. The number of likely N-dealkylation sites (tertiary alicyclic amines) is 1. The van der Waals surface area contributed by atoms with E-state index in [1.54, 1.807) is 19.2 Å². The molecule has 0 saturated carbocycles. The van der Waals surface area contributed by atoms with Gasteiger partial charge in [-0.25, -0.2) is 4.39 Å². The average molecular weight is 351 g/mol. The molecule has 1 saturated heterocycles. The summed E-state index contributed by atoms with van der Waals surface area (Å²) >= 11 is 0. The van der Waals surface area contributed by atoms with Crippen LogP contribution in [0.25, 0.3) is 0 Å². The fourth-order valence-electron chi connectivity index (χ4n) is 3.08. The number of hydrogen-bond acceptors (Lipinski definition) is 4. The Balaban J connectivity index is 1.77. The first-order chi connectivity index (χ1) is 11.9. The molecule has 1 fully saturated rings. The number of carbonyl (C=O) groups is 2. The van der Waals surface area contributed by atoms with Gasteiger partial charge in [0.1, 0.15) is 5.82 Å². The lowest BCUT2D eigenvalue weighted by Crippen LogP contribution is -2.51. The smallest absolute Gasteiger partial charge is 0.234 e. The fourth-order valence-corrected chi connectivity index (χ4v) is 3.08. The quantitative estimate of drug-likeness (QED) is 0.679. The van der Waals surface area contributed by atoms with Gasteiger partial charge in [0.15, 0.2) is 0 Å². The van der Waals surface area contributed by atoms with Crippen LogP contribution in [0.4, 0.5) is 4.39 Å². The second-order valence-electron chi connectivity index (χ2n) is 6.61. The molecule has 1 aromatic carbocycles. The maximum absolute atomic E-state index is 12.9. The number of aliphatic hydroxyl groups is 1. The van der Waals surface area contributed by atoms with Crippen LogP contribution in [0.1, 0.15) is 31.2 Å². The average Bonchev–Trinajstić information content (AvgIpc) is 2.59. The third kappa shape index (κ3) is 6.43. The Labute approximate surface area is 147 Å². The highest BCUT2D eigenvalue weighted by atomic mass is 19.1. The van der Waals surface area contributed by atoms with E-state index < -0.39 is 5.60 Å². The summed E-state index contributed by atoms with van der Waals surface area (Å²) in [6, 6.07) is 5.99. The second-order valence-corrected chi connectivity index (χ2v) is 6.61. The van der Waals surface area contributed by atoms with Crippen molar-refractivity contribution in [3.05, 3.63) is 35.6 Å². The first-order valence-electron chi connectivity index (χ1n) is 8.57. The molecule has 0 spiro atoms. The van der Waals surface area contributed by atoms with E-state index in [4.69, 9.17) is 0 Å². The van der Waals surface area contributed by atoms with Gasteiger partial charge in [-0.15, -0.1) is 0 Å². The molecular formula is C18H26FN3O3. The van der Waals surface area contributed by atoms with Crippen molar-refractivity contribution < 1.29 is 19.1 Å². The van der Waals surface area contributed by atoms with Crippen molar-refractivity contribution >= 4 is 11.8 Å². The van der Waals surface area contributed by atoms with Crippen molar-refractivity contribution in [2.24, 2.45) is 0 Å². The molecule has 1 atom stereocenters. The molecule has 0 bridgehead atoms. The van der Waals surface area contributed by atoms with Gasteiger partial charge in [0.25, 0.3) is 0 Å². The van der Waals surface area contributed by atoms with E-state index >= 15 is 0 Å². The van der Waals surface area contributed by atoms with Gasteiger partial charge < -0.3 is 15.7 Å². The Kier molecular flexibility index (Phi) is 6.90. The zero-order valence-electron chi connectivity index (χ0n) is 14.6. The Morgan fingerprint density at radius 1 is 1.28 bits per heavy atom. The number of amides is 2. The van der Waals surface area contributed by atoms with Crippen LogP contribution in [-0.2, 0) is 16.1 Å². The van der Waals surface area contributed by atoms with Crippen molar-refractivity contribution in [1.29, 1.82) is 0 Å². The van der Waals surface area contributed by atoms with Gasteiger partial charge in [0.2, 0.25) is 11.8 Å². The molecule has 25 heavy (non-hydrogen) atoms. The summed E-state index contributed by atoms with van der Waals surface area (Å²) in [7, 11) is 1.57. The predicted molar refractivity (Wildman–Crippen MR) is 92.2 cm³/mol. The molecule has 2 amide bonds. The standard InChI is InChI=1S/C18H26FN3O3/c1-20-16(23)7-9-18(25)8-2-10-22(13-18)12-17(24)21-11-14-3-5-15(19)6-4-14/h3-6,25H,2,7-13H2,1H3,(H,20,23)(H,21,24)/t18-/m1/s1. The Morgan fingerprint density at radius 3 is 2.68 bits per heavy atom. The number of benzene rings is 1. The van der Waals surface area contributed by atoms with Crippen LogP contribution in [0.2, 0.25) is 0 Å². The molecule has 2 rings (SSSR count). The zero-order valence-corrected chi connectivity index (χ0v) is 14.6. The monoisotopic (exact) mass is 351 g/mol. The fraction of sp³-hybridized carbons (Fsp3) is 0.556. The molecule has 3 N–H and O–H groups in total. The summed E-state index contributed by atoms with van der Waals surface area (Å²) in [5.74, 6) is -0.540. The second kappa shape index (κ2) is 8.92. The third-order valence-electron chi connectivity index (χ3n) is 4.50. The maximum Gasteiger partial charge on any atom is 0.234 e. The molecule has 6 nitrogen and oxygen atoms in total. The van der Waals surface area contributed by atoms with Crippen LogP contribution in [0.3, 0.4) is 0 Å². The van der Waals surface area contributed by atoms with E-state index in [1.807, 2.05) is 4.90 Å². The molecule has 0 aromatic heterocycles. The molecule has 1 aromatic rings. The molecule has 138 valence electrons. The van der Waals surface area contributed by atoms with Crippen LogP contribution in [0.5, 0.6) is 0 Å². The molecule has 0 aliphatic carbocycles. The zero-order chi connectivity index (χ0) is 18.3. The van der Waals surface area contributed by atoms with Gasteiger partial charge in [0.05, 0.1) is 12.1 Å². The van der Waals surface area contributed by atoms with Gasteiger partial charge in [-0.05, 0) is 43.5 Å². The van der Waals surface area contributed by atoms with E-state index in [0.717, 1.165) is 18.5 Å². The van der Waals surface area contributed by atoms with Gasteiger partial charge in [0, 0.05) is 26.6 Å². The lowest BCUT2D eigenvalue weighted by Gasteiger charge is -2.38. The maximum atomic E-state index is 12.9. The van der Waals surface area contributed by atoms with E-state index in [-0.39, 0.29) is 30.6 Å². The van der Waals surface area contributed by atoms with Crippen molar-refractivity contribution in [2.75, 3.05) is 26.7 Å². The van der Waals surface area contributed by atoms with E-state index in [9.17, 15) is 19.1 Å². The van der Waals surface area contributed by atoms with Crippen LogP contribution in [-0.4, -0.2) is 54.1 Å². The van der Waals surface area contributed by atoms with Crippen LogP contribution < -0.4 is 10.6 Å². The summed E-state index contributed by atoms with van der Waals surface area (Å²) < 4.78 is 12.9. The van der Waals surface area contributed by atoms with Gasteiger partial charge >= 0.3 is 0 Å². The Bertz CT molecular complexity index is 594. The normalized spacial score (nSPS) is 20.9. The van der Waals surface area contributed by atoms with Crippen LogP contribution >= 0.6 is 0 Å². The topological polar surface area (TPSA) is 81.7 Å². The molecule has 1 aliphatic heterocycles. The minimum Gasteiger partial charge on any atom is -0.389 e. The molecule has 7 heteroatoms. The van der Waals surface area contributed by atoms with Crippen molar-refractivity contribution in [2.45, 2.75) is 37.8 Å². The molecule has 1 heterocycles. The molecule has 1 aliphatic rings. The van der Waals surface area contributed by atoms with E-state index in [2.05, 4.69) is 10.6 Å². The van der Waals surface area contributed by atoms with Crippen molar-refractivity contribution in [3.8, 4) is 0 Å². The summed E-state index contributed by atoms with van der Waals surface area (Å²) in [6.07, 6.45) is 2.09. The number of halogens is 1. The van der Waals surface area contributed by atoms with E-state index in [0.29, 0.717) is 25.9 Å². The summed E-state index contributed by atoms with van der Waals surface area (Å²) in [4.78, 5) is 25.4. The first-order valence-corrected chi connectivity index (χ1v) is 8.57. The number of hydrogen-bond donors (Lipinski definition) is 3.